The summed E-state index contributed by atoms with van der Waals surface area (Å²) in [6.45, 7) is 1.41. The van der Waals surface area contributed by atoms with Crippen LogP contribution >= 0.6 is 23.4 Å². The number of rotatable bonds is 4. The molecule has 0 spiro atoms. The third-order valence-electron chi connectivity index (χ3n) is 6.05. The zero-order chi connectivity index (χ0) is 19.5. The first-order valence-corrected chi connectivity index (χ1v) is 11.5. The molecule has 5 atom stereocenters. The first-order chi connectivity index (χ1) is 13.6. The molecule has 5 unspecified atom stereocenters. The van der Waals surface area contributed by atoms with Crippen molar-refractivity contribution in [2.75, 3.05) is 20.1 Å². The molecule has 1 N–H and O–H groups in total. The monoisotopic (exact) mass is 421 g/mol. The summed E-state index contributed by atoms with van der Waals surface area (Å²) in [5.41, 5.74) is 2.53. The highest BCUT2D eigenvalue weighted by atomic mass is 35.5. The highest BCUT2D eigenvalue weighted by Crippen LogP contribution is 2.37. The second kappa shape index (κ2) is 9.16. The zero-order valence-corrected chi connectivity index (χ0v) is 17.8. The lowest BCUT2D eigenvalue weighted by Crippen LogP contribution is -2.46. The number of aliphatic imine (C=N–C) groups is 1. The van der Waals surface area contributed by atoms with Gasteiger partial charge in [-0.2, -0.15) is 0 Å². The van der Waals surface area contributed by atoms with Gasteiger partial charge >= 0.3 is 0 Å². The fourth-order valence-corrected chi connectivity index (χ4v) is 5.79. The van der Waals surface area contributed by atoms with Gasteiger partial charge in [-0.05, 0) is 31.4 Å². The zero-order valence-electron chi connectivity index (χ0n) is 16.2. The van der Waals surface area contributed by atoms with E-state index >= 15 is 0 Å². The lowest BCUT2D eigenvalue weighted by atomic mass is 9.84. The molecule has 1 aromatic rings. The molecule has 2 fully saturated rings. The number of ether oxygens (including phenoxy) is 1. The Morgan fingerprint density at radius 2 is 2.18 bits per heavy atom. The summed E-state index contributed by atoms with van der Waals surface area (Å²) in [7, 11) is 1.82. The topological polar surface area (TPSA) is 53.9 Å². The van der Waals surface area contributed by atoms with Crippen molar-refractivity contribution in [3.8, 4) is 0 Å². The molecule has 152 valence electrons. The quantitative estimate of drug-likeness (QED) is 0.802. The standard InChI is InChI=1S/C21H28ClN3O2S/c1-25(21(26)15-7-3-4-8-17(15)22)12-20-24-14-6-2-5-9-18(27-20)16(10-14)19-11-23-13-28-19/h3-4,7-8,13-14,16,18-20,24H,2,5-6,9-12H2,1H3. The molecule has 2 bridgehead atoms. The summed E-state index contributed by atoms with van der Waals surface area (Å²) < 4.78 is 6.57. The molecule has 28 heavy (non-hydrogen) atoms. The van der Waals surface area contributed by atoms with Crippen LogP contribution in [0.25, 0.3) is 0 Å². The van der Waals surface area contributed by atoms with Crippen LogP contribution in [0.1, 0.15) is 42.5 Å². The minimum absolute atomic E-state index is 0.0699. The minimum atomic E-state index is -0.151. The van der Waals surface area contributed by atoms with Crippen LogP contribution in [0.15, 0.2) is 29.3 Å². The molecule has 1 aliphatic carbocycles. The summed E-state index contributed by atoms with van der Waals surface area (Å²) in [4.78, 5) is 19.0. The van der Waals surface area contributed by atoms with Gasteiger partial charge in [-0.1, -0.05) is 36.6 Å². The Hall–Kier alpha value is -1.08. The Bertz CT molecular complexity index is 723. The van der Waals surface area contributed by atoms with Gasteiger partial charge in [-0.3, -0.25) is 15.1 Å². The highest BCUT2D eigenvalue weighted by Gasteiger charge is 2.39. The van der Waals surface area contributed by atoms with Gasteiger partial charge in [0, 0.05) is 24.3 Å². The number of likely N-dealkylation sites (N-methyl/N-ethyl adjacent to an activating group) is 1. The van der Waals surface area contributed by atoms with Gasteiger partial charge in [0.2, 0.25) is 0 Å². The second-order valence-corrected chi connectivity index (χ2v) is 9.52. The van der Waals surface area contributed by atoms with Crippen LogP contribution in [-0.2, 0) is 4.74 Å². The molecule has 2 aliphatic heterocycles. The summed E-state index contributed by atoms with van der Waals surface area (Å²) in [5.74, 6) is 0.444. The van der Waals surface area contributed by atoms with Crippen LogP contribution in [0.3, 0.4) is 0 Å². The first-order valence-electron chi connectivity index (χ1n) is 10.2. The van der Waals surface area contributed by atoms with Gasteiger partial charge in [0.15, 0.2) is 0 Å². The SMILES string of the molecule is CN(CC1NC2CCCCC(O1)C(C1CN=CS1)C2)C(=O)c1ccccc1Cl. The number of nitrogens with zero attached hydrogens (tertiary/aromatic N) is 2. The molecule has 1 saturated carbocycles. The molecule has 7 heteroatoms. The molecule has 1 saturated heterocycles. The molecule has 0 radical (unpaired) electrons. The molecule has 1 aromatic carbocycles. The molecule has 0 aromatic heterocycles. The summed E-state index contributed by atoms with van der Waals surface area (Å²) in [6.07, 6.45) is 5.91. The highest BCUT2D eigenvalue weighted by molar-refractivity contribution is 8.12. The number of hydrogen-bond acceptors (Lipinski definition) is 5. The van der Waals surface area contributed by atoms with Gasteiger partial charge < -0.3 is 9.64 Å². The number of amides is 1. The number of fused-ring (bicyclic) bond motifs is 3. The van der Waals surface area contributed by atoms with Crippen LogP contribution < -0.4 is 5.32 Å². The van der Waals surface area contributed by atoms with Gasteiger partial charge in [0.05, 0.1) is 35.3 Å². The van der Waals surface area contributed by atoms with Crippen molar-refractivity contribution in [2.45, 2.75) is 55.7 Å². The summed E-state index contributed by atoms with van der Waals surface area (Å²) in [5, 5.41) is 4.70. The Kier molecular flexibility index (Phi) is 6.61. The smallest absolute Gasteiger partial charge is 0.255 e. The van der Waals surface area contributed by atoms with Crippen molar-refractivity contribution in [3.05, 3.63) is 34.9 Å². The van der Waals surface area contributed by atoms with E-state index in [1.54, 1.807) is 17.0 Å². The van der Waals surface area contributed by atoms with E-state index in [2.05, 4.69) is 10.3 Å². The van der Waals surface area contributed by atoms with Crippen molar-refractivity contribution in [1.82, 2.24) is 10.2 Å². The average molecular weight is 422 g/mol. The van der Waals surface area contributed by atoms with Crippen LogP contribution in [0.5, 0.6) is 0 Å². The number of nitrogens with one attached hydrogen (secondary N) is 1. The van der Waals surface area contributed by atoms with Crippen molar-refractivity contribution in [3.63, 3.8) is 0 Å². The van der Waals surface area contributed by atoms with Gasteiger partial charge in [-0.25, -0.2) is 0 Å². The van der Waals surface area contributed by atoms with E-state index in [9.17, 15) is 4.79 Å². The largest absolute Gasteiger partial charge is 0.358 e. The van der Waals surface area contributed by atoms with Crippen molar-refractivity contribution in [2.24, 2.45) is 10.9 Å². The number of halogens is 1. The van der Waals surface area contributed by atoms with E-state index in [0.29, 0.717) is 34.3 Å². The van der Waals surface area contributed by atoms with Crippen LogP contribution in [0.4, 0.5) is 0 Å². The summed E-state index contributed by atoms with van der Waals surface area (Å²) >= 11 is 8.07. The van der Waals surface area contributed by atoms with Gasteiger partial charge in [-0.15, -0.1) is 11.8 Å². The predicted octanol–water partition coefficient (Wildman–Crippen LogP) is 3.82. The van der Waals surface area contributed by atoms with Crippen LogP contribution in [0, 0.1) is 5.92 Å². The lowest BCUT2D eigenvalue weighted by Gasteiger charge is -2.32. The van der Waals surface area contributed by atoms with Crippen molar-refractivity contribution >= 4 is 34.8 Å². The number of carbonyl (C=O) groups is 1. The minimum Gasteiger partial charge on any atom is -0.358 e. The molecule has 5 nitrogen and oxygen atoms in total. The fraction of sp³-hybridized carbons (Fsp3) is 0.619. The van der Waals surface area contributed by atoms with Crippen molar-refractivity contribution < 1.29 is 9.53 Å². The predicted molar refractivity (Wildman–Crippen MR) is 115 cm³/mol. The van der Waals surface area contributed by atoms with E-state index in [0.717, 1.165) is 19.4 Å². The first kappa shape index (κ1) is 20.2. The maximum atomic E-state index is 12.9. The third-order valence-corrected chi connectivity index (χ3v) is 7.50. The molecular weight excluding hydrogens is 394 g/mol. The second-order valence-electron chi connectivity index (χ2n) is 8.02. The number of carbonyl (C=O) groups excluding carboxylic acids is 1. The lowest BCUT2D eigenvalue weighted by molar-refractivity contribution is -0.0541. The third kappa shape index (κ3) is 4.56. The Morgan fingerprint density at radius 1 is 1.36 bits per heavy atom. The average Bonchev–Trinajstić information content (AvgIpc) is 3.17. The molecular formula is C21H28ClN3O2S. The fourth-order valence-electron chi connectivity index (χ4n) is 4.59. The maximum Gasteiger partial charge on any atom is 0.255 e. The van der Waals surface area contributed by atoms with Gasteiger partial charge in [0.1, 0.15) is 6.23 Å². The molecule has 4 rings (SSSR count). The molecule has 2 heterocycles. The Balaban J connectivity index is 1.46. The Labute approximate surface area is 176 Å². The van der Waals surface area contributed by atoms with Gasteiger partial charge in [0.25, 0.3) is 5.91 Å². The van der Waals surface area contributed by atoms with E-state index in [4.69, 9.17) is 16.3 Å². The maximum absolute atomic E-state index is 12.9. The van der Waals surface area contributed by atoms with E-state index in [1.807, 2.05) is 36.5 Å². The van der Waals surface area contributed by atoms with E-state index in [-0.39, 0.29) is 18.2 Å². The van der Waals surface area contributed by atoms with Crippen LogP contribution in [0.2, 0.25) is 5.02 Å². The van der Waals surface area contributed by atoms with Crippen LogP contribution in [-0.4, -0.2) is 60.1 Å². The number of hydrogen-bond donors (Lipinski definition) is 1. The number of thioether (sulfide) groups is 1. The Morgan fingerprint density at radius 3 is 2.96 bits per heavy atom. The number of benzene rings is 1. The normalized spacial score (nSPS) is 32.6. The summed E-state index contributed by atoms with van der Waals surface area (Å²) in [6, 6.07) is 7.64. The van der Waals surface area contributed by atoms with E-state index in [1.165, 1.54) is 19.3 Å². The van der Waals surface area contributed by atoms with Crippen molar-refractivity contribution in [1.29, 1.82) is 0 Å². The van der Waals surface area contributed by atoms with E-state index < -0.39 is 0 Å². The molecule has 1 amide bonds. The molecule has 3 aliphatic rings.